The smallest absolute Gasteiger partial charge is 0.225 e. The largest absolute Gasteiger partial charge is 0.337 e. The third-order valence-electron chi connectivity index (χ3n) is 2.73. The van der Waals surface area contributed by atoms with Crippen molar-refractivity contribution in [3.63, 3.8) is 0 Å². The predicted octanol–water partition coefficient (Wildman–Crippen LogP) is 3.38. The van der Waals surface area contributed by atoms with E-state index in [0.29, 0.717) is 0 Å². The number of nitrogens with one attached hydrogen (secondary N) is 1. The number of fused-ring (bicyclic) bond motifs is 1. The van der Waals surface area contributed by atoms with Gasteiger partial charge in [0.05, 0.1) is 17.3 Å². The van der Waals surface area contributed by atoms with Crippen molar-refractivity contribution in [1.29, 1.82) is 0 Å². The summed E-state index contributed by atoms with van der Waals surface area (Å²) in [4.78, 5) is 10.7. The first-order chi connectivity index (χ1) is 9.15. The van der Waals surface area contributed by atoms with Crippen LogP contribution in [-0.4, -0.2) is 19.7 Å². The van der Waals surface area contributed by atoms with Crippen LogP contribution < -0.4 is 5.32 Å². The first-order valence-corrected chi connectivity index (χ1v) is 7.07. The van der Waals surface area contributed by atoms with E-state index < -0.39 is 0 Å². The highest BCUT2D eigenvalue weighted by Crippen LogP contribution is 2.31. The molecule has 3 heterocycles. The van der Waals surface area contributed by atoms with E-state index in [0.717, 1.165) is 28.1 Å². The first kappa shape index (κ1) is 12.4. The van der Waals surface area contributed by atoms with Gasteiger partial charge in [-0.15, -0.1) is 11.3 Å². The van der Waals surface area contributed by atoms with Crippen LogP contribution in [0.1, 0.15) is 11.8 Å². The van der Waals surface area contributed by atoms with E-state index in [1.807, 2.05) is 13.2 Å². The van der Waals surface area contributed by atoms with E-state index in [2.05, 4.69) is 33.4 Å². The average Bonchev–Trinajstić information content (AvgIpc) is 2.95. The normalized spacial score (nSPS) is 11.1. The van der Waals surface area contributed by atoms with Crippen LogP contribution in [0.4, 0.5) is 11.5 Å². The molecule has 0 unspecified atom stereocenters. The lowest BCUT2D eigenvalue weighted by Crippen LogP contribution is -1.95. The minimum absolute atomic E-state index is 0.253. The maximum absolute atomic E-state index is 5.97. The third-order valence-corrected chi connectivity index (χ3v) is 4.07. The lowest BCUT2D eigenvalue weighted by Gasteiger charge is -2.03. The molecule has 0 amide bonds. The average molecular weight is 294 g/mol. The second kappa shape index (κ2) is 4.79. The van der Waals surface area contributed by atoms with Crippen molar-refractivity contribution in [3.8, 4) is 0 Å². The summed E-state index contributed by atoms with van der Waals surface area (Å²) in [5.41, 5.74) is 0.878. The minimum atomic E-state index is 0.253. The van der Waals surface area contributed by atoms with Gasteiger partial charge in [-0.1, -0.05) is 6.92 Å². The van der Waals surface area contributed by atoms with Crippen molar-refractivity contribution in [1.82, 2.24) is 19.7 Å². The molecular formula is C12H12ClN5S. The van der Waals surface area contributed by atoms with Gasteiger partial charge in [0.25, 0.3) is 0 Å². The molecule has 0 spiro atoms. The highest BCUT2D eigenvalue weighted by atomic mass is 35.5. The van der Waals surface area contributed by atoms with Gasteiger partial charge in [0.15, 0.2) is 0 Å². The molecule has 1 N–H and O–H groups in total. The van der Waals surface area contributed by atoms with Gasteiger partial charge in [-0.2, -0.15) is 10.1 Å². The summed E-state index contributed by atoms with van der Waals surface area (Å²) in [5, 5.41) is 8.60. The Hall–Kier alpha value is -1.66. The molecule has 0 radical (unpaired) electrons. The maximum Gasteiger partial charge on any atom is 0.225 e. The number of halogens is 1. The number of aryl methyl sites for hydroxylation is 2. The van der Waals surface area contributed by atoms with E-state index in [-0.39, 0.29) is 5.28 Å². The van der Waals surface area contributed by atoms with Gasteiger partial charge >= 0.3 is 0 Å². The van der Waals surface area contributed by atoms with E-state index >= 15 is 0 Å². The number of thiophene rings is 1. The summed E-state index contributed by atoms with van der Waals surface area (Å²) in [6.45, 7) is 2.12. The Morgan fingerprint density at radius 3 is 2.95 bits per heavy atom. The van der Waals surface area contributed by atoms with Gasteiger partial charge < -0.3 is 5.32 Å². The molecule has 3 aromatic rings. The molecule has 5 nitrogen and oxygen atoms in total. The minimum Gasteiger partial charge on any atom is -0.337 e. The highest BCUT2D eigenvalue weighted by molar-refractivity contribution is 7.18. The Morgan fingerprint density at radius 1 is 1.42 bits per heavy atom. The lowest BCUT2D eigenvalue weighted by atomic mass is 10.3. The van der Waals surface area contributed by atoms with Crippen molar-refractivity contribution in [3.05, 3.63) is 28.6 Å². The summed E-state index contributed by atoms with van der Waals surface area (Å²) in [6, 6.07) is 2.11. The molecule has 3 aromatic heterocycles. The maximum atomic E-state index is 5.97. The molecule has 0 aromatic carbocycles. The van der Waals surface area contributed by atoms with Crippen molar-refractivity contribution in [2.45, 2.75) is 13.3 Å². The van der Waals surface area contributed by atoms with Crippen molar-refractivity contribution >= 4 is 44.7 Å². The molecule has 0 atom stereocenters. The monoisotopic (exact) mass is 293 g/mol. The number of aromatic nitrogens is 4. The quantitative estimate of drug-likeness (QED) is 0.752. The zero-order valence-electron chi connectivity index (χ0n) is 10.5. The third kappa shape index (κ3) is 2.41. The molecular weight excluding hydrogens is 282 g/mol. The Labute approximate surface area is 119 Å². The van der Waals surface area contributed by atoms with E-state index in [4.69, 9.17) is 11.6 Å². The standard InChI is InChI=1S/C12H12ClN5S/c1-3-8-4-9-10(15-7-5-14-18(2)6-7)16-12(13)17-11(9)19-8/h4-6H,3H2,1-2H3,(H,15,16,17). The summed E-state index contributed by atoms with van der Waals surface area (Å²) >= 11 is 7.62. The van der Waals surface area contributed by atoms with Gasteiger partial charge in [0.2, 0.25) is 5.28 Å². The number of rotatable bonds is 3. The second-order valence-corrected chi connectivity index (χ2v) is 5.61. The van der Waals surface area contributed by atoms with Crippen LogP contribution in [0.2, 0.25) is 5.28 Å². The first-order valence-electron chi connectivity index (χ1n) is 5.87. The Bertz CT molecular complexity index is 733. The van der Waals surface area contributed by atoms with E-state index in [1.165, 1.54) is 4.88 Å². The summed E-state index contributed by atoms with van der Waals surface area (Å²) < 4.78 is 1.73. The van der Waals surface area contributed by atoms with Gasteiger partial charge in [-0.3, -0.25) is 4.68 Å². The van der Waals surface area contributed by atoms with Gasteiger partial charge in [-0.25, -0.2) is 4.98 Å². The molecule has 0 aliphatic heterocycles. The number of anilines is 2. The van der Waals surface area contributed by atoms with Gasteiger partial charge in [0, 0.05) is 18.1 Å². The summed E-state index contributed by atoms with van der Waals surface area (Å²) in [6.07, 6.45) is 4.61. The van der Waals surface area contributed by atoms with Crippen LogP contribution in [0.3, 0.4) is 0 Å². The van der Waals surface area contributed by atoms with Crippen molar-refractivity contribution in [2.24, 2.45) is 7.05 Å². The molecule has 0 bridgehead atoms. The fourth-order valence-electron chi connectivity index (χ4n) is 1.84. The predicted molar refractivity (Wildman–Crippen MR) is 78.3 cm³/mol. The van der Waals surface area contributed by atoms with Crippen LogP contribution in [0.5, 0.6) is 0 Å². The zero-order chi connectivity index (χ0) is 13.4. The van der Waals surface area contributed by atoms with E-state index in [9.17, 15) is 0 Å². The van der Waals surface area contributed by atoms with Gasteiger partial charge in [-0.05, 0) is 24.1 Å². The molecule has 0 saturated heterocycles. The SMILES string of the molecule is CCc1cc2c(Nc3cnn(C)c3)nc(Cl)nc2s1. The fraction of sp³-hybridized carbons (Fsp3) is 0.250. The number of hydrogen-bond acceptors (Lipinski definition) is 5. The second-order valence-electron chi connectivity index (χ2n) is 4.15. The highest BCUT2D eigenvalue weighted by Gasteiger charge is 2.11. The summed E-state index contributed by atoms with van der Waals surface area (Å²) in [7, 11) is 1.87. The molecule has 0 aliphatic carbocycles. The van der Waals surface area contributed by atoms with Crippen LogP contribution >= 0.6 is 22.9 Å². The number of hydrogen-bond donors (Lipinski definition) is 1. The van der Waals surface area contributed by atoms with Crippen molar-refractivity contribution in [2.75, 3.05) is 5.32 Å². The molecule has 19 heavy (non-hydrogen) atoms. The summed E-state index contributed by atoms with van der Waals surface area (Å²) in [5.74, 6) is 0.721. The fourth-order valence-corrected chi connectivity index (χ4v) is 3.02. The van der Waals surface area contributed by atoms with E-state index in [1.54, 1.807) is 22.2 Å². The van der Waals surface area contributed by atoms with Crippen LogP contribution in [-0.2, 0) is 13.5 Å². The molecule has 3 rings (SSSR count). The molecule has 98 valence electrons. The zero-order valence-corrected chi connectivity index (χ0v) is 12.1. The molecule has 0 fully saturated rings. The Morgan fingerprint density at radius 2 is 2.26 bits per heavy atom. The Kier molecular flexibility index (Phi) is 3.12. The van der Waals surface area contributed by atoms with Crippen LogP contribution in [0.25, 0.3) is 10.2 Å². The molecule has 0 saturated carbocycles. The molecule has 7 heteroatoms. The van der Waals surface area contributed by atoms with Crippen LogP contribution in [0, 0.1) is 0 Å². The number of nitrogens with zero attached hydrogens (tertiary/aromatic N) is 4. The van der Waals surface area contributed by atoms with Crippen LogP contribution in [0.15, 0.2) is 18.5 Å². The lowest BCUT2D eigenvalue weighted by molar-refractivity contribution is 0.768. The molecule has 0 aliphatic rings. The van der Waals surface area contributed by atoms with Gasteiger partial charge in [0.1, 0.15) is 10.6 Å². The topological polar surface area (TPSA) is 55.6 Å². The Balaban J connectivity index is 2.08. The van der Waals surface area contributed by atoms with Crippen molar-refractivity contribution < 1.29 is 0 Å².